The van der Waals surface area contributed by atoms with E-state index in [1.54, 1.807) is 0 Å². The summed E-state index contributed by atoms with van der Waals surface area (Å²) in [6, 6.07) is 0.596. The van der Waals surface area contributed by atoms with Crippen LogP contribution in [0.1, 0.15) is 50.2 Å². The SMILES string of the molecule is CC(C)NCCCc1csc(C2CC2C)n1. The molecule has 1 heterocycles. The molecule has 2 unspecified atom stereocenters. The molecule has 0 bridgehead atoms. The van der Waals surface area contributed by atoms with E-state index in [1.807, 2.05) is 11.3 Å². The van der Waals surface area contributed by atoms with Gasteiger partial charge in [0.05, 0.1) is 10.7 Å². The molecule has 0 aliphatic heterocycles. The largest absolute Gasteiger partial charge is 0.315 e. The van der Waals surface area contributed by atoms with Gasteiger partial charge in [-0.15, -0.1) is 11.3 Å². The minimum Gasteiger partial charge on any atom is -0.315 e. The van der Waals surface area contributed by atoms with Crippen LogP contribution in [0.25, 0.3) is 0 Å². The molecule has 0 amide bonds. The lowest BCUT2D eigenvalue weighted by atomic mass is 10.2. The molecule has 16 heavy (non-hydrogen) atoms. The summed E-state index contributed by atoms with van der Waals surface area (Å²) >= 11 is 1.86. The predicted octanol–water partition coefficient (Wildman–Crippen LogP) is 3.20. The quantitative estimate of drug-likeness (QED) is 0.770. The Morgan fingerprint density at radius 3 is 2.94 bits per heavy atom. The van der Waals surface area contributed by atoms with Crippen molar-refractivity contribution in [3.8, 4) is 0 Å². The van der Waals surface area contributed by atoms with Crippen LogP contribution in [-0.4, -0.2) is 17.6 Å². The topological polar surface area (TPSA) is 24.9 Å². The Hall–Kier alpha value is -0.410. The molecule has 0 aromatic carbocycles. The van der Waals surface area contributed by atoms with Crippen molar-refractivity contribution in [3.63, 3.8) is 0 Å². The molecule has 1 aliphatic carbocycles. The highest BCUT2D eigenvalue weighted by Crippen LogP contribution is 2.47. The highest BCUT2D eigenvalue weighted by atomic mass is 32.1. The highest BCUT2D eigenvalue weighted by molar-refractivity contribution is 7.09. The first-order valence-electron chi connectivity index (χ1n) is 6.34. The van der Waals surface area contributed by atoms with Gasteiger partial charge in [-0.3, -0.25) is 0 Å². The summed E-state index contributed by atoms with van der Waals surface area (Å²) in [5.74, 6) is 1.66. The maximum atomic E-state index is 4.73. The molecule has 2 rings (SSSR count). The number of aryl methyl sites for hydroxylation is 1. The molecule has 1 saturated carbocycles. The summed E-state index contributed by atoms with van der Waals surface area (Å²) in [6.07, 6.45) is 3.67. The monoisotopic (exact) mass is 238 g/mol. The Morgan fingerprint density at radius 1 is 1.56 bits per heavy atom. The van der Waals surface area contributed by atoms with E-state index in [1.165, 1.54) is 23.5 Å². The van der Waals surface area contributed by atoms with Crippen LogP contribution in [0.15, 0.2) is 5.38 Å². The van der Waals surface area contributed by atoms with Crippen molar-refractivity contribution >= 4 is 11.3 Å². The number of nitrogens with zero attached hydrogens (tertiary/aromatic N) is 1. The van der Waals surface area contributed by atoms with E-state index < -0.39 is 0 Å². The Bertz CT molecular complexity index is 332. The van der Waals surface area contributed by atoms with Crippen LogP contribution in [0, 0.1) is 5.92 Å². The summed E-state index contributed by atoms with van der Waals surface area (Å²) in [6.45, 7) is 7.80. The van der Waals surface area contributed by atoms with E-state index in [4.69, 9.17) is 4.98 Å². The van der Waals surface area contributed by atoms with Crippen molar-refractivity contribution in [2.24, 2.45) is 5.92 Å². The second-order valence-corrected chi connectivity index (χ2v) is 6.10. The molecule has 0 spiro atoms. The van der Waals surface area contributed by atoms with E-state index in [2.05, 4.69) is 31.5 Å². The molecule has 1 aromatic rings. The molecular formula is C13H22N2S. The smallest absolute Gasteiger partial charge is 0.0962 e. The molecule has 1 aromatic heterocycles. The van der Waals surface area contributed by atoms with E-state index in [-0.39, 0.29) is 0 Å². The third kappa shape index (κ3) is 3.29. The summed E-state index contributed by atoms with van der Waals surface area (Å²) < 4.78 is 0. The molecule has 1 fully saturated rings. The number of nitrogens with one attached hydrogen (secondary N) is 1. The molecule has 2 atom stereocenters. The lowest BCUT2D eigenvalue weighted by Gasteiger charge is -2.06. The lowest BCUT2D eigenvalue weighted by molar-refractivity contribution is 0.569. The van der Waals surface area contributed by atoms with Gasteiger partial charge in [0.25, 0.3) is 0 Å². The van der Waals surface area contributed by atoms with Crippen LogP contribution in [0.3, 0.4) is 0 Å². The minimum atomic E-state index is 0.596. The average Bonchev–Trinajstić information content (AvgIpc) is 2.79. The first-order chi connectivity index (χ1) is 7.66. The molecule has 1 aliphatic rings. The van der Waals surface area contributed by atoms with Crippen molar-refractivity contribution in [1.82, 2.24) is 10.3 Å². The first kappa shape index (κ1) is 12.1. The van der Waals surface area contributed by atoms with Gasteiger partial charge in [0, 0.05) is 17.3 Å². The van der Waals surface area contributed by atoms with Crippen molar-refractivity contribution in [1.29, 1.82) is 0 Å². The predicted molar refractivity (Wildman–Crippen MR) is 70.1 cm³/mol. The van der Waals surface area contributed by atoms with Gasteiger partial charge in [-0.1, -0.05) is 20.8 Å². The van der Waals surface area contributed by atoms with Gasteiger partial charge in [-0.2, -0.15) is 0 Å². The molecule has 0 radical (unpaired) electrons. The molecular weight excluding hydrogens is 216 g/mol. The maximum absolute atomic E-state index is 4.73. The second-order valence-electron chi connectivity index (χ2n) is 5.21. The zero-order valence-corrected chi connectivity index (χ0v) is 11.3. The van der Waals surface area contributed by atoms with Crippen molar-refractivity contribution < 1.29 is 0 Å². The minimum absolute atomic E-state index is 0.596. The molecule has 3 heteroatoms. The van der Waals surface area contributed by atoms with Gasteiger partial charge in [0.1, 0.15) is 0 Å². The standard InChI is InChI=1S/C13H22N2S/c1-9(2)14-6-4-5-11-8-16-13(15-11)12-7-10(12)3/h8-10,12,14H,4-7H2,1-3H3. The van der Waals surface area contributed by atoms with E-state index in [0.717, 1.165) is 24.8 Å². The van der Waals surface area contributed by atoms with E-state index >= 15 is 0 Å². The van der Waals surface area contributed by atoms with Crippen LogP contribution in [0.5, 0.6) is 0 Å². The van der Waals surface area contributed by atoms with Crippen LogP contribution >= 0.6 is 11.3 Å². The van der Waals surface area contributed by atoms with Gasteiger partial charge in [0.15, 0.2) is 0 Å². The van der Waals surface area contributed by atoms with Crippen molar-refractivity contribution in [2.75, 3.05) is 6.54 Å². The summed E-state index contributed by atoms with van der Waals surface area (Å²) in [4.78, 5) is 4.73. The molecule has 0 saturated heterocycles. The fraction of sp³-hybridized carbons (Fsp3) is 0.769. The molecule has 2 nitrogen and oxygen atoms in total. The zero-order chi connectivity index (χ0) is 11.5. The van der Waals surface area contributed by atoms with E-state index in [9.17, 15) is 0 Å². The number of aromatic nitrogens is 1. The fourth-order valence-electron chi connectivity index (χ4n) is 1.93. The third-order valence-electron chi connectivity index (χ3n) is 3.16. The Balaban J connectivity index is 1.71. The van der Waals surface area contributed by atoms with Crippen LogP contribution in [0.2, 0.25) is 0 Å². The summed E-state index contributed by atoms with van der Waals surface area (Å²) in [7, 11) is 0. The number of hydrogen-bond donors (Lipinski definition) is 1. The van der Waals surface area contributed by atoms with Gasteiger partial charge in [-0.25, -0.2) is 4.98 Å². The van der Waals surface area contributed by atoms with Gasteiger partial charge < -0.3 is 5.32 Å². The normalized spacial score (nSPS) is 24.0. The van der Waals surface area contributed by atoms with Crippen LogP contribution < -0.4 is 5.32 Å². The van der Waals surface area contributed by atoms with Crippen LogP contribution in [-0.2, 0) is 6.42 Å². The summed E-state index contributed by atoms with van der Waals surface area (Å²) in [5, 5.41) is 7.06. The van der Waals surface area contributed by atoms with Gasteiger partial charge >= 0.3 is 0 Å². The highest BCUT2D eigenvalue weighted by Gasteiger charge is 2.36. The Kier molecular flexibility index (Phi) is 3.98. The maximum Gasteiger partial charge on any atom is 0.0962 e. The molecule has 90 valence electrons. The van der Waals surface area contributed by atoms with E-state index in [0.29, 0.717) is 6.04 Å². The second kappa shape index (κ2) is 5.28. The van der Waals surface area contributed by atoms with Gasteiger partial charge in [0.2, 0.25) is 0 Å². The Labute approximate surface area is 102 Å². The lowest BCUT2D eigenvalue weighted by Crippen LogP contribution is -2.23. The van der Waals surface area contributed by atoms with Crippen LogP contribution in [0.4, 0.5) is 0 Å². The first-order valence-corrected chi connectivity index (χ1v) is 7.22. The number of thiazole rings is 1. The Morgan fingerprint density at radius 2 is 2.31 bits per heavy atom. The third-order valence-corrected chi connectivity index (χ3v) is 4.18. The number of rotatable bonds is 6. The van der Waals surface area contributed by atoms with Crippen molar-refractivity contribution in [3.05, 3.63) is 16.1 Å². The number of hydrogen-bond acceptors (Lipinski definition) is 3. The van der Waals surface area contributed by atoms with Gasteiger partial charge in [-0.05, 0) is 31.7 Å². The van der Waals surface area contributed by atoms with Crippen molar-refractivity contribution in [2.45, 2.75) is 52.0 Å². The fourth-order valence-corrected chi connectivity index (χ4v) is 3.03. The average molecular weight is 238 g/mol. The zero-order valence-electron chi connectivity index (χ0n) is 10.5. The molecule has 1 N–H and O–H groups in total. The summed E-state index contributed by atoms with van der Waals surface area (Å²) in [5.41, 5.74) is 1.30.